The third-order valence-electron chi connectivity index (χ3n) is 4.71. The highest BCUT2D eigenvalue weighted by Crippen LogP contribution is 2.42. The number of pyridine rings is 1. The van der Waals surface area contributed by atoms with E-state index in [2.05, 4.69) is 32.0 Å². The molecule has 20 heavy (non-hydrogen) atoms. The van der Waals surface area contributed by atoms with E-state index >= 15 is 0 Å². The monoisotopic (exact) mass is 268 g/mol. The maximum Gasteiger partial charge on any atom is 0.0955 e. The average molecular weight is 268 g/mol. The minimum Gasteiger partial charge on any atom is -0.327 e. The van der Waals surface area contributed by atoms with Crippen LogP contribution in [0.2, 0.25) is 0 Å². The van der Waals surface area contributed by atoms with Crippen molar-refractivity contribution in [1.29, 1.82) is 0 Å². The van der Waals surface area contributed by atoms with Crippen LogP contribution >= 0.6 is 0 Å². The number of imidazole rings is 1. The summed E-state index contributed by atoms with van der Waals surface area (Å²) in [5, 5.41) is 3.78. The van der Waals surface area contributed by atoms with E-state index in [0.717, 1.165) is 25.2 Å². The van der Waals surface area contributed by atoms with E-state index in [4.69, 9.17) is 0 Å². The van der Waals surface area contributed by atoms with Gasteiger partial charge in [0, 0.05) is 19.2 Å². The van der Waals surface area contributed by atoms with E-state index in [1.807, 2.05) is 18.6 Å². The fourth-order valence-corrected chi connectivity index (χ4v) is 3.84. The predicted octanol–water partition coefficient (Wildman–Crippen LogP) is 2.24. The smallest absolute Gasteiger partial charge is 0.0955 e. The normalized spacial score (nSPS) is 20.2. The van der Waals surface area contributed by atoms with Crippen molar-refractivity contribution in [2.24, 2.45) is 0 Å². The Morgan fingerprint density at radius 3 is 2.90 bits per heavy atom. The van der Waals surface area contributed by atoms with E-state index in [1.165, 1.54) is 37.1 Å². The Hall–Kier alpha value is -1.68. The molecule has 4 nitrogen and oxygen atoms in total. The third kappa shape index (κ3) is 1.86. The van der Waals surface area contributed by atoms with Crippen LogP contribution in [0.3, 0.4) is 0 Å². The Bertz CT molecular complexity index is 596. The third-order valence-corrected chi connectivity index (χ3v) is 4.71. The summed E-state index contributed by atoms with van der Waals surface area (Å²) in [6.07, 6.45) is 10.0. The molecule has 2 aromatic heterocycles. The van der Waals surface area contributed by atoms with Gasteiger partial charge in [-0.15, -0.1) is 0 Å². The van der Waals surface area contributed by atoms with Gasteiger partial charge in [0.25, 0.3) is 0 Å². The fourth-order valence-electron chi connectivity index (χ4n) is 3.84. The first-order chi connectivity index (χ1) is 9.87. The van der Waals surface area contributed by atoms with Crippen LogP contribution < -0.4 is 5.32 Å². The maximum atomic E-state index is 4.67. The number of fused-ring (bicyclic) bond motifs is 2. The van der Waals surface area contributed by atoms with Crippen LogP contribution in [0.1, 0.15) is 42.8 Å². The van der Waals surface area contributed by atoms with Gasteiger partial charge in [-0.3, -0.25) is 4.98 Å². The van der Waals surface area contributed by atoms with E-state index in [9.17, 15) is 0 Å². The number of hydrogen-bond donors (Lipinski definition) is 1. The summed E-state index contributed by atoms with van der Waals surface area (Å²) < 4.78 is 2.31. The number of rotatable bonds is 2. The van der Waals surface area contributed by atoms with Crippen LogP contribution in [-0.2, 0) is 18.5 Å². The minimum absolute atomic E-state index is 0.179. The first-order valence-corrected chi connectivity index (χ1v) is 7.57. The van der Waals surface area contributed by atoms with E-state index < -0.39 is 0 Å². The molecule has 1 spiro atoms. The molecule has 4 heteroatoms. The first-order valence-electron chi connectivity index (χ1n) is 7.57. The van der Waals surface area contributed by atoms with Crippen LogP contribution in [0.15, 0.2) is 30.7 Å². The molecule has 2 aromatic rings. The second-order valence-corrected chi connectivity index (χ2v) is 5.95. The lowest BCUT2D eigenvalue weighted by molar-refractivity contribution is 0.303. The summed E-state index contributed by atoms with van der Waals surface area (Å²) in [5.74, 6) is 0. The summed E-state index contributed by atoms with van der Waals surface area (Å²) in [6, 6.07) is 6.10. The Morgan fingerprint density at radius 1 is 1.20 bits per heavy atom. The zero-order chi connectivity index (χ0) is 13.4. The van der Waals surface area contributed by atoms with Crippen molar-refractivity contribution in [1.82, 2.24) is 19.9 Å². The zero-order valence-corrected chi connectivity index (χ0v) is 11.7. The lowest BCUT2D eigenvalue weighted by Gasteiger charge is -2.36. The van der Waals surface area contributed by atoms with Gasteiger partial charge < -0.3 is 9.88 Å². The first kappa shape index (κ1) is 12.1. The fraction of sp³-hybridized carbons (Fsp3) is 0.500. The number of hydrogen-bond acceptors (Lipinski definition) is 3. The molecule has 1 saturated carbocycles. The second-order valence-electron chi connectivity index (χ2n) is 5.95. The van der Waals surface area contributed by atoms with E-state index in [0.29, 0.717) is 0 Å². The van der Waals surface area contributed by atoms with Crippen molar-refractivity contribution in [3.63, 3.8) is 0 Å². The van der Waals surface area contributed by atoms with Gasteiger partial charge in [0.2, 0.25) is 0 Å². The minimum atomic E-state index is 0.179. The molecule has 104 valence electrons. The second kappa shape index (κ2) is 4.70. The Morgan fingerprint density at radius 2 is 2.10 bits per heavy atom. The summed E-state index contributed by atoms with van der Waals surface area (Å²) >= 11 is 0. The maximum absolute atomic E-state index is 4.67. The molecular weight excluding hydrogens is 248 g/mol. The van der Waals surface area contributed by atoms with Crippen molar-refractivity contribution in [2.45, 2.75) is 44.2 Å². The summed E-state index contributed by atoms with van der Waals surface area (Å²) in [5.41, 5.74) is 4.00. The predicted molar refractivity (Wildman–Crippen MR) is 77.4 cm³/mol. The summed E-state index contributed by atoms with van der Waals surface area (Å²) in [7, 11) is 0. The molecule has 0 unspecified atom stereocenters. The SMILES string of the molecule is c1ccc(Cn2cnc3c2C2(CCCC2)NCC3)nc1. The van der Waals surface area contributed by atoms with Gasteiger partial charge in [-0.2, -0.15) is 0 Å². The number of nitrogens with one attached hydrogen (secondary N) is 1. The van der Waals surface area contributed by atoms with Gasteiger partial charge in [-0.1, -0.05) is 18.9 Å². The zero-order valence-electron chi connectivity index (χ0n) is 11.7. The van der Waals surface area contributed by atoms with Crippen LogP contribution in [0.5, 0.6) is 0 Å². The molecule has 1 fully saturated rings. The highest BCUT2D eigenvalue weighted by atomic mass is 15.1. The molecule has 0 saturated heterocycles. The number of nitrogens with zero attached hydrogens (tertiary/aromatic N) is 3. The molecule has 2 aliphatic rings. The lowest BCUT2D eigenvalue weighted by Crippen LogP contribution is -2.46. The van der Waals surface area contributed by atoms with Crippen molar-refractivity contribution < 1.29 is 0 Å². The lowest BCUT2D eigenvalue weighted by atomic mass is 9.87. The van der Waals surface area contributed by atoms with Gasteiger partial charge >= 0.3 is 0 Å². The summed E-state index contributed by atoms with van der Waals surface area (Å²) in [4.78, 5) is 9.12. The molecule has 0 amide bonds. The van der Waals surface area contributed by atoms with Gasteiger partial charge in [0.15, 0.2) is 0 Å². The van der Waals surface area contributed by atoms with Crippen molar-refractivity contribution in [2.75, 3.05) is 6.54 Å². The highest BCUT2D eigenvalue weighted by molar-refractivity contribution is 5.28. The molecular formula is C16H20N4. The van der Waals surface area contributed by atoms with E-state index in [-0.39, 0.29) is 5.54 Å². The largest absolute Gasteiger partial charge is 0.327 e. The summed E-state index contributed by atoms with van der Waals surface area (Å²) in [6.45, 7) is 1.89. The molecule has 3 heterocycles. The standard InChI is InChI=1S/C16H20N4/c1-4-9-17-13(5-1)11-20-12-18-14-6-10-19-16(15(14)20)7-2-3-8-16/h1,4-5,9,12,19H,2-3,6-8,10-11H2. The van der Waals surface area contributed by atoms with Crippen LogP contribution in [0.4, 0.5) is 0 Å². The molecule has 4 rings (SSSR count). The Kier molecular flexibility index (Phi) is 2.84. The highest BCUT2D eigenvalue weighted by Gasteiger charge is 2.41. The molecule has 1 aliphatic heterocycles. The van der Waals surface area contributed by atoms with Crippen molar-refractivity contribution >= 4 is 0 Å². The molecule has 1 N–H and O–H groups in total. The molecule has 0 bridgehead atoms. The van der Waals surface area contributed by atoms with Crippen LogP contribution in [-0.4, -0.2) is 21.1 Å². The van der Waals surface area contributed by atoms with Gasteiger partial charge in [0.1, 0.15) is 0 Å². The Balaban J connectivity index is 1.74. The quantitative estimate of drug-likeness (QED) is 0.908. The van der Waals surface area contributed by atoms with Gasteiger partial charge in [0.05, 0.1) is 35.5 Å². The van der Waals surface area contributed by atoms with E-state index in [1.54, 1.807) is 0 Å². The van der Waals surface area contributed by atoms with Crippen LogP contribution in [0, 0.1) is 0 Å². The molecule has 0 radical (unpaired) electrons. The molecule has 0 atom stereocenters. The van der Waals surface area contributed by atoms with Gasteiger partial charge in [-0.25, -0.2) is 4.98 Å². The van der Waals surface area contributed by atoms with Crippen molar-refractivity contribution in [3.8, 4) is 0 Å². The topological polar surface area (TPSA) is 42.7 Å². The van der Waals surface area contributed by atoms with Crippen molar-refractivity contribution in [3.05, 3.63) is 47.8 Å². The Labute approximate surface area is 119 Å². The average Bonchev–Trinajstić information content (AvgIpc) is 3.09. The number of aromatic nitrogens is 3. The van der Waals surface area contributed by atoms with Crippen LogP contribution in [0.25, 0.3) is 0 Å². The van der Waals surface area contributed by atoms with Gasteiger partial charge in [-0.05, 0) is 25.0 Å². The molecule has 0 aromatic carbocycles. The molecule has 1 aliphatic carbocycles.